The van der Waals surface area contributed by atoms with Crippen LogP contribution < -0.4 is 15.4 Å². The number of carbonyl (C=O) groups is 1. The van der Waals surface area contributed by atoms with E-state index in [2.05, 4.69) is 30.6 Å². The zero-order valence-electron chi connectivity index (χ0n) is 16.4. The van der Waals surface area contributed by atoms with Crippen molar-refractivity contribution in [2.45, 2.75) is 47.1 Å². The van der Waals surface area contributed by atoms with E-state index in [1.165, 1.54) is 0 Å². The molecule has 26 heavy (non-hydrogen) atoms. The van der Waals surface area contributed by atoms with E-state index in [0.717, 1.165) is 6.54 Å². The van der Waals surface area contributed by atoms with Gasteiger partial charge in [-0.25, -0.2) is 0 Å². The molecule has 1 amide bonds. The van der Waals surface area contributed by atoms with Gasteiger partial charge in [-0.3, -0.25) is 4.79 Å². The molecule has 0 saturated carbocycles. The summed E-state index contributed by atoms with van der Waals surface area (Å²) in [6.07, 6.45) is -0.269. The van der Waals surface area contributed by atoms with E-state index in [1.807, 2.05) is 20.8 Å². The van der Waals surface area contributed by atoms with Gasteiger partial charge < -0.3 is 20.5 Å². The van der Waals surface area contributed by atoms with Crippen LogP contribution in [0.2, 0.25) is 0 Å². The number of hydrogen-bond donors (Lipinski definition) is 3. The van der Waals surface area contributed by atoms with Crippen molar-refractivity contribution in [2.75, 3.05) is 25.0 Å². The second-order valence-corrected chi connectivity index (χ2v) is 8.13. The molecular formula is C20H31N3O3. The Morgan fingerprint density at radius 1 is 1.31 bits per heavy atom. The van der Waals surface area contributed by atoms with Crippen molar-refractivity contribution in [3.63, 3.8) is 0 Å². The number of carbonyl (C=O) groups excluding carboxylic acids is 1. The molecule has 0 aromatic heterocycles. The van der Waals surface area contributed by atoms with Gasteiger partial charge >= 0.3 is 0 Å². The number of benzene rings is 1. The average Bonchev–Trinajstić information content (AvgIpc) is 2.51. The highest BCUT2D eigenvalue weighted by atomic mass is 16.5. The molecule has 0 aliphatic heterocycles. The van der Waals surface area contributed by atoms with Crippen molar-refractivity contribution in [1.29, 1.82) is 5.26 Å². The van der Waals surface area contributed by atoms with Gasteiger partial charge in [-0.1, -0.05) is 34.6 Å². The highest BCUT2D eigenvalue weighted by Gasteiger charge is 2.16. The lowest BCUT2D eigenvalue weighted by Crippen LogP contribution is -2.33. The molecule has 0 saturated heterocycles. The van der Waals surface area contributed by atoms with Gasteiger partial charge in [-0.05, 0) is 36.1 Å². The summed E-state index contributed by atoms with van der Waals surface area (Å²) in [5.41, 5.74) is 0.772. The molecule has 0 spiro atoms. The van der Waals surface area contributed by atoms with E-state index in [-0.39, 0.29) is 17.9 Å². The molecule has 0 heterocycles. The van der Waals surface area contributed by atoms with Gasteiger partial charge in [0.2, 0.25) is 5.91 Å². The molecule has 6 heteroatoms. The molecule has 144 valence electrons. The second-order valence-electron chi connectivity index (χ2n) is 8.13. The lowest BCUT2D eigenvalue weighted by Gasteiger charge is -2.18. The van der Waals surface area contributed by atoms with Crippen LogP contribution in [0.1, 0.15) is 46.6 Å². The molecule has 0 radical (unpaired) electrons. The van der Waals surface area contributed by atoms with E-state index in [0.29, 0.717) is 35.9 Å². The molecule has 0 bridgehead atoms. The second kappa shape index (κ2) is 10.1. The van der Waals surface area contributed by atoms with Crippen molar-refractivity contribution in [3.05, 3.63) is 23.8 Å². The summed E-state index contributed by atoms with van der Waals surface area (Å²) in [4.78, 5) is 12.0. The Balaban J connectivity index is 2.60. The predicted molar refractivity (Wildman–Crippen MR) is 103 cm³/mol. The Morgan fingerprint density at radius 3 is 2.58 bits per heavy atom. The van der Waals surface area contributed by atoms with Crippen molar-refractivity contribution < 1.29 is 14.6 Å². The maximum absolute atomic E-state index is 12.0. The van der Waals surface area contributed by atoms with Crippen LogP contribution in [-0.2, 0) is 4.79 Å². The number of anilines is 1. The van der Waals surface area contributed by atoms with Crippen molar-refractivity contribution >= 4 is 11.6 Å². The Labute approximate surface area is 156 Å². The largest absolute Gasteiger partial charge is 0.489 e. The first kappa shape index (κ1) is 21.9. The quantitative estimate of drug-likeness (QED) is 0.629. The van der Waals surface area contributed by atoms with Crippen LogP contribution in [0.3, 0.4) is 0 Å². The first-order valence-electron chi connectivity index (χ1n) is 8.96. The molecule has 6 nitrogen and oxygen atoms in total. The number of hydrogen-bond acceptors (Lipinski definition) is 5. The number of nitriles is 1. The average molecular weight is 361 g/mol. The standard InChI is InChI=1S/C20H31N3O3/c1-14(2)11-22-12-17(24)13-26-18-7-6-16(8-15(18)10-21)23-19(25)9-20(3,4)5/h6-8,14,17,22,24H,9,11-13H2,1-5H3,(H,23,25). The summed E-state index contributed by atoms with van der Waals surface area (Å²) < 4.78 is 5.56. The number of amides is 1. The van der Waals surface area contributed by atoms with Gasteiger partial charge in [0.1, 0.15) is 24.5 Å². The lowest BCUT2D eigenvalue weighted by atomic mass is 9.92. The summed E-state index contributed by atoms with van der Waals surface area (Å²) in [5.74, 6) is 0.806. The Hall–Kier alpha value is -2.10. The van der Waals surface area contributed by atoms with Crippen LogP contribution in [0.15, 0.2) is 18.2 Å². The molecule has 0 aliphatic rings. The zero-order chi connectivity index (χ0) is 19.7. The van der Waals surface area contributed by atoms with Crippen LogP contribution >= 0.6 is 0 Å². The number of rotatable bonds is 9. The summed E-state index contributed by atoms with van der Waals surface area (Å²) in [7, 11) is 0. The molecule has 1 aromatic rings. The highest BCUT2D eigenvalue weighted by Crippen LogP contribution is 2.24. The van der Waals surface area contributed by atoms with Gasteiger partial charge in [0.25, 0.3) is 0 Å². The number of aliphatic hydroxyl groups excluding tert-OH is 1. The van der Waals surface area contributed by atoms with E-state index < -0.39 is 6.10 Å². The SMILES string of the molecule is CC(C)CNCC(O)COc1ccc(NC(=O)CC(C)(C)C)cc1C#N. The molecule has 3 N–H and O–H groups in total. The Bertz CT molecular complexity index is 630. The van der Waals surface area contributed by atoms with Crippen molar-refractivity contribution in [3.8, 4) is 11.8 Å². The van der Waals surface area contributed by atoms with Gasteiger partial charge in [0.05, 0.1) is 5.56 Å². The molecule has 1 atom stereocenters. The number of ether oxygens (including phenoxy) is 1. The normalized spacial score (nSPS) is 12.5. The van der Waals surface area contributed by atoms with E-state index in [4.69, 9.17) is 4.74 Å². The minimum atomic E-state index is -0.661. The van der Waals surface area contributed by atoms with E-state index in [1.54, 1.807) is 18.2 Å². The van der Waals surface area contributed by atoms with Crippen LogP contribution in [-0.4, -0.2) is 36.8 Å². The third-order valence-electron chi connectivity index (χ3n) is 3.44. The maximum atomic E-state index is 12.0. The minimum absolute atomic E-state index is 0.0928. The van der Waals surface area contributed by atoms with Gasteiger partial charge in [0.15, 0.2) is 0 Å². The fourth-order valence-electron chi connectivity index (χ4n) is 2.29. The maximum Gasteiger partial charge on any atom is 0.224 e. The highest BCUT2D eigenvalue weighted by molar-refractivity contribution is 5.91. The summed E-state index contributed by atoms with van der Waals surface area (Å²) in [6.45, 7) is 11.5. The van der Waals surface area contributed by atoms with Crippen LogP contribution in [0.5, 0.6) is 5.75 Å². The molecule has 0 fully saturated rings. The van der Waals surface area contributed by atoms with Crippen molar-refractivity contribution in [2.24, 2.45) is 11.3 Å². The predicted octanol–water partition coefficient (Wildman–Crippen LogP) is 2.92. The fraction of sp³-hybridized carbons (Fsp3) is 0.600. The Morgan fingerprint density at radius 2 is 2.00 bits per heavy atom. The van der Waals surface area contributed by atoms with Crippen LogP contribution in [0.25, 0.3) is 0 Å². The fourth-order valence-corrected chi connectivity index (χ4v) is 2.29. The zero-order valence-corrected chi connectivity index (χ0v) is 16.4. The van der Waals surface area contributed by atoms with Gasteiger partial charge in [0, 0.05) is 18.7 Å². The van der Waals surface area contributed by atoms with Gasteiger partial charge in [-0.2, -0.15) is 5.26 Å². The summed E-state index contributed by atoms with van der Waals surface area (Å²) in [5, 5.41) is 25.2. The van der Waals surface area contributed by atoms with Crippen LogP contribution in [0, 0.1) is 22.7 Å². The minimum Gasteiger partial charge on any atom is -0.489 e. The smallest absolute Gasteiger partial charge is 0.224 e. The number of aliphatic hydroxyl groups is 1. The molecular weight excluding hydrogens is 330 g/mol. The first-order chi connectivity index (χ1) is 12.1. The third-order valence-corrected chi connectivity index (χ3v) is 3.44. The van der Waals surface area contributed by atoms with Crippen LogP contribution in [0.4, 0.5) is 5.69 Å². The summed E-state index contributed by atoms with van der Waals surface area (Å²) in [6, 6.07) is 6.98. The molecule has 0 aliphatic carbocycles. The third kappa shape index (κ3) is 8.84. The number of nitrogens with one attached hydrogen (secondary N) is 2. The summed E-state index contributed by atoms with van der Waals surface area (Å²) >= 11 is 0. The van der Waals surface area contributed by atoms with E-state index >= 15 is 0 Å². The molecule has 1 aromatic carbocycles. The molecule has 1 unspecified atom stereocenters. The monoisotopic (exact) mass is 361 g/mol. The Kier molecular flexibility index (Phi) is 8.56. The van der Waals surface area contributed by atoms with Gasteiger partial charge in [-0.15, -0.1) is 0 Å². The lowest BCUT2D eigenvalue weighted by molar-refractivity contribution is -0.117. The molecule has 1 rings (SSSR count). The van der Waals surface area contributed by atoms with E-state index in [9.17, 15) is 15.2 Å². The topological polar surface area (TPSA) is 94.4 Å². The van der Waals surface area contributed by atoms with Crippen molar-refractivity contribution in [1.82, 2.24) is 5.32 Å². The first-order valence-corrected chi connectivity index (χ1v) is 8.96. The number of nitrogens with zero attached hydrogens (tertiary/aromatic N) is 1.